The first-order chi connectivity index (χ1) is 7.72. The lowest BCUT2D eigenvalue weighted by Gasteiger charge is -2.27. The largest absolute Gasteiger partial charge is 0.330 e. The summed E-state index contributed by atoms with van der Waals surface area (Å²) < 4.78 is 0. The fraction of sp³-hybridized carbons (Fsp3) is 1.00. The van der Waals surface area contributed by atoms with E-state index >= 15 is 0 Å². The van der Waals surface area contributed by atoms with E-state index in [1.54, 1.807) is 0 Å². The highest BCUT2D eigenvalue weighted by molar-refractivity contribution is 4.72. The molecule has 1 rings (SSSR count). The molecule has 0 spiro atoms. The second-order valence-corrected chi connectivity index (χ2v) is 4.68. The van der Waals surface area contributed by atoms with Crippen molar-refractivity contribution in [1.29, 1.82) is 0 Å². The van der Waals surface area contributed by atoms with Gasteiger partial charge in [0.2, 0.25) is 0 Å². The van der Waals surface area contributed by atoms with Crippen molar-refractivity contribution in [3.63, 3.8) is 0 Å². The summed E-state index contributed by atoms with van der Waals surface area (Å²) in [7, 11) is 0. The average molecular weight is 230 g/mol. The summed E-state index contributed by atoms with van der Waals surface area (Å²) in [6, 6.07) is 0. The van der Waals surface area contributed by atoms with Crippen LogP contribution < -0.4 is 5.73 Å². The van der Waals surface area contributed by atoms with Crippen LogP contribution >= 0.6 is 0 Å². The zero-order valence-corrected chi connectivity index (χ0v) is 9.77. The van der Waals surface area contributed by atoms with E-state index in [2.05, 4.69) is 4.84 Å². The molecule has 0 saturated heterocycles. The van der Waals surface area contributed by atoms with Crippen LogP contribution in [0.1, 0.15) is 44.9 Å². The Morgan fingerprint density at radius 2 is 1.81 bits per heavy atom. The van der Waals surface area contributed by atoms with E-state index in [0.29, 0.717) is 0 Å². The first-order valence-electron chi connectivity index (χ1n) is 6.19. The maximum Gasteiger partial charge on any atom is 0.294 e. The van der Waals surface area contributed by atoms with Crippen molar-refractivity contribution in [3.05, 3.63) is 10.1 Å². The summed E-state index contributed by atoms with van der Waals surface area (Å²) in [5.74, 6) is 1.53. The van der Waals surface area contributed by atoms with Gasteiger partial charge in [0.25, 0.3) is 5.09 Å². The Kier molecular flexibility index (Phi) is 6.15. The van der Waals surface area contributed by atoms with E-state index in [1.165, 1.54) is 32.1 Å². The second-order valence-electron chi connectivity index (χ2n) is 4.68. The van der Waals surface area contributed by atoms with E-state index in [9.17, 15) is 10.1 Å². The van der Waals surface area contributed by atoms with Gasteiger partial charge in [-0.2, -0.15) is 0 Å². The Bertz CT molecular complexity index is 203. The summed E-state index contributed by atoms with van der Waals surface area (Å²) in [6.45, 7) is 1.06. The molecule has 0 aromatic heterocycles. The van der Waals surface area contributed by atoms with Crippen molar-refractivity contribution in [3.8, 4) is 0 Å². The van der Waals surface area contributed by atoms with Crippen LogP contribution in [0.5, 0.6) is 0 Å². The fourth-order valence-corrected chi connectivity index (χ4v) is 2.43. The van der Waals surface area contributed by atoms with Crippen LogP contribution in [0.15, 0.2) is 0 Å². The molecule has 0 heterocycles. The van der Waals surface area contributed by atoms with Crippen LogP contribution in [0.4, 0.5) is 0 Å². The van der Waals surface area contributed by atoms with Crippen molar-refractivity contribution in [2.24, 2.45) is 17.6 Å². The van der Waals surface area contributed by atoms with Gasteiger partial charge in [0.1, 0.15) is 0 Å². The first kappa shape index (κ1) is 13.2. The van der Waals surface area contributed by atoms with Crippen LogP contribution in [0.25, 0.3) is 0 Å². The van der Waals surface area contributed by atoms with Gasteiger partial charge in [-0.3, -0.25) is 0 Å². The maximum atomic E-state index is 9.90. The number of rotatable bonds is 7. The van der Waals surface area contributed by atoms with Gasteiger partial charge in [-0.15, -0.1) is 10.1 Å². The minimum Gasteiger partial charge on any atom is -0.330 e. The van der Waals surface area contributed by atoms with Gasteiger partial charge in [-0.05, 0) is 37.6 Å². The zero-order valence-electron chi connectivity index (χ0n) is 9.77. The molecule has 0 aromatic carbocycles. The van der Waals surface area contributed by atoms with E-state index in [1.807, 2.05) is 0 Å². The average Bonchev–Trinajstić information content (AvgIpc) is 2.29. The van der Waals surface area contributed by atoms with Gasteiger partial charge in [-0.1, -0.05) is 25.7 Å². The minimum absolute atomic E-state index is 0.241. The van der Waals surface area contributed by atoms with Gasteiger partial charge in [0.05, 0.1) is 6.61 Å². The standard InChI is InChI=1S/C11H22N2O3/c12-9-11-6-4-10(5-7-11)3-1-2-8-16-13(14)15/h10-11H,1-9,12H2. The van der Waals surface area contributed by atoms with Crippen LogP contribution in [0.3, 0.4) is 0 Å². The topological polar surface area (TPSA) is 78.4 Å². The van der Waals surface area contributed by atoms with Crippen LogP contribution in [-0.4, -0.2) is 18.2 Å². The van der Waals surface area contributed by atoms with E-state index in [0.717, 1.165) is 31.2 Å². The summed E-state index contributed by atoms with van der Waals surface area (Å²) in [5, 5.41) is 9.19. The lowest BCUT2D eigenvalue weighted by molar-refractivity contribution is -0.757. The Hall–Kier alpha value is -0.840. The van der Waals surface area contributed by atoms with Crippen molar-refractivity contribution in [2.75, 3.05) is 13.2 Å². The number of unbranched alkanes of at least 4 members (excludes halogenated alkanes) is 1. The molecule has 2 N–H and O–H groups in total. The highest BCUT2D eigenvalue weighted by Crippen LogP contribution is 2.31. The lowest BCUT2D eigenvalue weighted by atomic mass is 9.80. The second kappa shape index (κ2) is 7.44. The molecule has 0 bridgehead atoms. The Morgan fingerprint density at radius 3 is 2.38 bits per heavy atom. The van der Waals surface area contributed by atoms with Crippen LogP contribution in [-0.2, 0) is 4.84 Å². The first-order valence-corrected chi connectivity index (χ1v) is 6.19. The number of hydrogen-bond donors (Lipinski definition) is 1. The monoisotopic (exact) mass is 230 g/mol. The summed E-state index contributed by atoms with van der Waals surface area (Å²) >= 11 is 0. The molecule has 0 atom stereocenters. The van der Waals surface area contributed by atoms with Crippen LogP contribution in [0, 0.1) is 22.0 Å². The maximum absolute atomic E-state index is 9.90. The highest BCUT2D eigenvalue weighted by Gasteiger charge is 2.19. The SMILES string of the molecule is NCC1CCC(CCCCO[N+](=O)[O-])CC1. The molecule has 1 aliphatic carbocycles. The molecule has 1 fully saturated rings. The predicted octanol–water partition coefficient (Wildman–Crippen LogP) is 2.13. The normalized spacial score (nSPS) is 25.3. The molecular formula is C11H22N2O3. The fourth-order valence-electron chi connectivity index (χ4n) is 2.43. The van der Waals surface area contributed by atoms with E-state index in [4.69, 9.17) is 5.73 Å². The number of hydrogen-bond acceptors (Lipinski definition) is 4. The molecule has 0 radical (unpaired) electrons. The molecule has 0 unspecified atom stereocenters. The molecule has 5 heteroatoms. The van der Waals surface area contributed by atoms with Gasteiger partial charge >= 0.3 is 0 Å². The van der Waals surface area contributed by atoms with Crippen LogP contribution in [0.2, 0.25) is 0 Å². The quantitative estimate of drug-likeness (QED) is 0.413. The molecule has 0 aliphatic heterocycles. The van der Waals surface area contributed by atoms with Gasteiger partial charge < -0.3 is 10.6 Å². The van der Waals surface area contributed by atoms with E-state index in [-0.39, 0.29) is 6.61 Å². The van der Waals surface area contributed by atoms with Gasteiger partial charge in [0, 0.05) is 0 Å². The zero-order chi connectivity index (χ0) is 11.8. The summed E-state index contributed by atoms with van der Waals surface area (Å²) in [6.07, 6.45) is 8.07. The van der Waals surface area contributed by atoms with Crippen molar-refractivity contribution in [2.45, 2.75) is 44.9 Å². The molecular weight excluding hydrogens is 208 g/mol. The third-order valence-corrected chi connectivity index (χ3v) is 3.50. The number of nitrogens with zero attached hydrogens (tertiary/aromatic N) is 1. The molecule has 0 amide bonds. The predicted molar refractivity (Wildman–Crippen MR) is 61.3 cm³/mol. The third kappa shape index (κ3) is 5.30. The number of nitrogens with two attached hydrogens (primary N) is 1. The molecule has 5 nitrogen and oxygen atoms in total. The van der Waals surface area contributed by atoms with Crippen molar-refractivity contribution in [1.82, 2.24) is 0 Å². The molecule has 1 aliphatic rings. The molecule has 1 saturated carbocycles. The Morgan fingerprint density at radius 1 is 1.19 bits per heavy atom. The molecule has 0 aromatic rings. The summed E-state index contributed by atoms with van der Waals surface area (Å²) in [4.78, 5) is 14.2. The smallest absolute Gasteiger partial charge is 0.294 e. The highest BCUT2D eigenvalue weighted by atomic mass is 16.9. The van der Waals surface area contributed by atoms with Crippen molar-refractivity contribution < 1.29 is 9.92 Å². The summed E-state index contributed by atoms with van der Waals surface area (Å²) in [5.41, 5.74) is 5.64. The van der Waals surface area contributed by atoms with E-state index < -0.39 is 5.09 Å². The van der Waals surface area contributed by atoms with Gasteiger partial charge in [-0.25, -0.2) is 0 Å². The lowest BCUT2D eigenvalue weighted by Crippen LogP contribution is -2.21. The van der Waals surface area contributed by atoms with Gasteiger partial charge in [0.15, 0.2) is 0 Å². The Labute approximate surface area is 96.4 Å². The third-order valence-electron chi connectivity index (χ3n) is 3.50. The van der Waals surface area contributed by atoms with Crippen molar-refractivity contribution >= 4 is 0 Å². The minimum atomic E-state index is -0.716. The Balaban J connectivity index is 1.96. The molecule has 94 valence electrons. The molecule has 16 heavy (non-hydrogen) atoms.